The highest BCUT2D eigenvalue weighted by atomic mass is 32.1. The third-order valence-electron chi connectivity index (χ3n) is 2.84. The van der Waals surface area contributed by atoms with Gasteiger partial charge in [-0.3, -0.25) is 14.9 Å². The van der Waals surface area contributed by atoms with E-state index in [1.807, 2.05) is 0 Å². The third-order valence-corrected chi connectivity index (χ3v) is 3.45. The zero-order chi connectivity index (χ0) is 13.2. The summed E-state index contributed by atoms with van der Waals surface area (Å²) in [4.78, 5) is 23.3. The first-order valence-electron chi connectivity index (χ1n) is 5.73. The first kappa shape index (κ1) is 11.8. The lowest BCUT2D eigenvalue weighted by Gasteiger charge is -2.17. The molecule has 0 aliphatic carbocycles. The molecular formula is C12H10N4O2S. The smallest absolute Gasteiger partial charge is 0.257 e. The number of nitrogens with zero attached hydrogens (tertiary/aromatic N) is 2. The summed E-state index contributed by atoms with van der Waals surface area (Å²) in [5.41, 5.74) is 3.86. The van der Waals surface area contributed by atoms with Crippen molar-refractivity contribution in [1.29, 1.82) is 0 Å². The van der Waals surface area contributed by atoms with E-state index in [2.05, 4.69) is 20.8 Å². The van der Waals surface area contributed by atoms with Gasteiger partial charge >= 0.3 is 0 Å². The number of amides is 2. The van der Waals surface area contributed by atoms with Crippen LogP contribution in [0.3, 0.4) is 0 Å². The van der Waals surface area contributed by atoms with Crippen molar-refractivity contribution in [2.45, 2.75) is 12.8 Å². The highest BCUT2D eigenvalue weighted by molar-refractivity contribution is 7.13. The molecule has 3 rings (SSSR count). The SMILES string of the molecule is O=C1CCc2cc(C(=O)Nc3nncs3)ccc2N1. The molecule has 1 aromatic carbocycles. The van der Waals surface area contributed by atoms with Crippen molar-refractivity contribution in [3.63, 3.8) is 0 Å². The summed E-state index contributed by atoms with van der Waals surface area (Å²) >= 11 is 1.26. The summed E-state index contributed by atoms with van der Waals surface area (Å²) < 4.78 is 0. The number of aromatic nitrogens is 2. The number of hydrogen-bond donors (Lipinski definition) is 2. The highest BCUT2D eigenvalue weighted by Crippen LogP contribution is 2.24. The van der Waals surface area contributed by atoms with E-state index in [9.17, 15) is 9.59 Å². The van der Waals surface area contributed by atoms with Gasteiger partial charge in [-0.15, -0.1) is 10.2 Å². The van der Waals surface area contributed by atoms with Gasteiger partial charge < -0.3 is 5.32 Å². The van der Waals surface area contributed by atoms with Gasteiger partial charge in [-0.05, 0) is 30.2 Å². The molecule has 0 fully saturated rings. The van der Waals surface area contributed by atoms with E-state index in [1.165, 1.54) is 11.3 Å². The van der Waals surface area contributed by atoms with Crippen LogP contribution in [-0.2, 0) is 11.2 Å². The average molecular weight is 274 g/mol. The summed E-state index contributed by atoms with van der Waals surface area (Å²) in [5, 5.41) is 13.3. The molecule has 2 amide bonds. The van der Waals surface area contributed by atoms with Crippen molar-refractivity contribution >= 4 is 34.0 Å². The van der Waals surface area contributed by atoms with Crippen LogP contribution in [0.15, 0.2) is 23.7 Å². The van der Waals surface area contributed by atoms with Gasteiger partial charge in [-0.25, -0.2) is 0 Å². The topological polar surface area (TPSA) is 84.0 Å². The Morgan fingerprint density at radius 1 is 1.37 bits per heavy atom. The van der Waals surface area contributed by atoms with Crippen LogP contribution in [0, 0.1) is 0 Å². The van der Waals surface area contributed by atoms with Crippen molar-refractivity contribution in [2.75, 3.05) is 10.6 Å². The van der Waals surface area contributed by atoms with Gasteiger partial charge in [-0.1, -0.05) is 11.3 Å². The van der Waals surface area contributed by atoms with Gasteiger partial charge in [0, 0.05) is 17.7 Å². The number of carbonyl (C=O) groups is 2. The zero-order valence-corrected chi connectivity index (χ0v) is 10.7. The Labute approximate surface area is 112 Å². The fourth-order valence-corrected chi connectivity index (χ4v) is 2.36. The fraction of sp³-hybridized carbons (Fsp3) is 0.167. The van der Waals surface area contributed by atoms with Crippen molar-refractivity contribution in [3.05, 3.63) is 34.8 Å². The molecule has 0 spiro atoms. The number of rotatable bonds is 2. The van der Waals surface area contributed by atoms with Crippen LogP contribution in [0.2, 0.25) is 0 Å². The molecule has 0 saturated heterocycles. The standard InChI is InChI=1S/C12H10N4O2S/c17-10-4-2-7-5-8(1-3-9(7)14-10)11(18)15-12-16-13-6-19-12/h1,3,5-6H,2,4H2,(H,14,17)(H,15,16,18). The number of benzene rings is 1. The van der Waals surface area contributed by atoms with Gasteiger partial charge in [0.25, 0.3) is 5.91 Å². The third kappa shape index (κ3) is 2.45. The monoisotopic (exact) mass is 274 g/mol. The van der Waals surface area contributed by atoms with Crippen LogP contribution >= 0.6 is 11.3 Å². The lowest BCUT2D eigenvalue weighted by molar-refractivity contribution is -0.116. The van der Waals surface area contributed by atoms with Crippen molar-refractivity contribution in [2.24, 2.45) is 0 Å². The van der Waals surface area contributed by atoms with Gasteiger partial charge in [0.1, 0.15) is 5.51 Å². The van der Waals surface area contributed by atoms with E-state index in [1.54, 1.807) is 23.7 Å². The molecule has 2 heterocycles. The molecule has 2 N–H and O–H groups in total. The lowest BCUT2D eigenvalue weighted by Crippen LogP contribution is -2.20. The van der Waals surface area contributed by atoms with Crippen LogP contribution in [-0.4, -0.2) is 22.0 Å². The molecule has 6 nitrogen and oxygen atoms in total. The highest BCUT2D eigenvalue weighted by Gasteiger charge is 2.17. The molecule has 0 unspecified atom stereocenters. The van der Waals surface area contributed by atoms with Crippen molar-refractivity contribution < 1.29 is 9.59 Å². The molecule has 1 aliphatic heterocycles. The van der Waals surface area contributed by atoms with E-state index in [-0.39, 0.29) is 11.8 Å². The molecule has 96 valence electrons. The van der Waals surface area contributed by atoms with Crippen LogP contribution < -0.4 is 10.6 Å². The summed E-state index contributed by atoms with van der Waals surface area (Å²) in [6.45, 7) is 0. The minimum absolute atomic E-state index is 0.0126. The van der Waals surface area contributed by atoms with E-state index in [0.717, 1.165) is 11.3 Å². The van der Waals surface area contributed by atoms with Crippen LogP contribution in [0.25, 0.3) is 0 Å². The Morgan fingerprint density at radius 2 is 2.26 bits per heavy atom. The normalized spacial score (nSPS) is 13.6. The molecule has 0 atom stereocenters. The maximum absolute atomic E-state index is 12.0. The molecule has 7 heteroatoms. The van der Waals surface area contributed by atoms with Crippen LogP contribution in [0.5, 0.6) is 0 Å². The molecule has 0 saturated carbocycles. The van der Waals surface area contributed by atoms with E-state index < -0.39 is 0 Å². The number of nitrogens with one attached hydrogen (secondary N) is 2. The van der Waals surface area contributed by atoms with Gasteiger partial charge in [-0.2, -0.15) is 0 Å². The second-order valence-corrected chi connectivity index (χ2v) is 4.95. The first-order chi connectivity index (χ1) is 9.22. The van der Waals surface area contributed by atoms with Gasteiger partial charge in [0.15, 0.2) is 0 Å². The second-order valence-electron chi connectivity index (χ2n) is 4.12. The van der Waals surface area contributed by atoms with E-state index in [4.69, 9.17) is 0 Å². The summed E-state index contributed by atoms with van der Waals surface area (Å²) in [5.74, 6) is -0.213. The van der Waals surface area contributed by atoms with Crippen molar-refractivity contribution in [3.8, 4) is 0 Å². The Hall–Kier alpha value is -2.28. The molecule has 1 aromatic heterocycles. The molecule has 0 radical (unpaired) electrons. The maximum atomic E-state index is 12.0. The Kier molecular flexibility index (Phi) is 2.96. The minimum Gasteiger partial charge on any atom is -0.326 e. The largest absolute Gasteiger partial charge is 0.326 e. The summed E-state index contributed by atoms with van der Waals surface area (Å²) in [7, 11) is 0. The molecule has 2 aromatic rings. The number of hydrogen-bond acceptors (Lipinski definition) is 5. The second kappa shape index (κ2) is 4.77. The van der Waals surface area contributed by atoms with Gasteiger partial charge in [0.2, 0.25) is 11.0 Å². The average Bonchev–Trinajstić information content (AvgIpc) is 2.91. The number of anilines is 2. The lowest BCUT2D eigenvalue weighted by atomic mass is 10.0. The molecule has 1 aliphatic rings. The zero-order valence-electron chi connectivity index (χ0n) is 9.84. The summed E-state index contributed by atoms with van der Waals surface area (Å²) in [6, 6.07) is 5.23. The van der Waals surface area contributed by atoms with E-state index >= 15 is 0 Å². The van der Waals surface area contributed by atoms with E-state index in [0.29, 0.717) is 23.5 Å². The Balaban J connectivity index is 1.82. The molecular weight excluding hydrogens is 264 g/mol. The molecule has 19 heavy (non-hydrogen) atoms. The van der Waals surface area contributed by atoms with Crippen LogP contribution in [0.4, 0.5) is 10.8 Å². The number of fused-ring (bicyclic) bond motifs is 1. The Morgan fingerprint density at radius 3 is 3.05 bits per heavy atom. The summed E-state index contributed by atoms with van der Waals surface area (Å²) in [6.07, 6.45) is 1.11. The molecule has 0 bridgehead atoms. The first-order valence-corrected chi connectivity index (χ1v) is 6.60. The Bertz CT molecular complexity index is 639. The predicted octanol–water partition coefficient (Wildman–Crippen LogP) is 1.68. The predicted molar refractivity (Wildman–Crippen MR) is 71.3 cm³/mol. The number of carbonyl (C=O) groups excluding carboxylic acids is 2. The number of aryl methyl sites for hydroxylation is 1. The quantitative estimate of drug-likeness (QED) is 0.872. The fourth-order valence-electron chi connectivity index (χ4n) is 1.92. The van der Waals surface area contributed by atoms with Crippen molar-refractivity contribution in [1.82, 2.24) is 10.2 Å². The van der Waals surface area contributed by atoms with Crippen LogP contribution in [0.1, 0.15) is 22.3 Å². The maximum Gasteiger partial charge on any atom is 0.257 e. The minimum atomic E-state index is -0.226. The van der Waals surface area contributed by atoms with Gasteiger partial charge in [0.05, 0.1) is 0 Å².